The Bertz CT molecular complexity index is 2070. The van der Waals surface area contributed by atoms with Gasteiger partial charge in [-0.05, 0) is 86.6 Å². The van der Waals surface area contributed by atoms with E-state index in [1.807, 2.05) is 61.0 Å². The third kappa shape index (κ3) is 6.87. The van der Waals surface area contributed by atoms with Crippen LogP contribution in [0.15, 0.2) is 84.9 Å². The van der Waals surface area contributed by atoms with Crippen LogP contribution < -0.4 is 4.74 Å². The summed E-state index contributed by atoms with van der Waals surface area (Å²) in [6.07, 6.45) is -0.0467. The van der Waals surface area contributed by atoms with E-state index in [2.05, 4.69) is 85.4 Å². The smallest absolute Gasteiger partial charge is 0.416 e. The number of ether oxygens (including phenoxy) is 2. The van der Waals surface area contributed by atoms with Crippen LogP contribution in [0.1, 0.15) is 72.6 Å². The Morgan fingerprint density at radius 1 is 1.00 bits per heavy atom. The van der Waals surface area contributed by atoms with Crippen molar-refractivity contribution in [3.05, 3.63) is 124 Å². The summed E-state index contributed by atoms with van der Waals surface area (Å²) >= 11 is 0. The number of cyclic esters (lactones) is 1. The summed E-state index contributed by atoms with van der Waals surface area (Å²) in [6.45, 7) is 15.6. The molecule has 51 heavy (non-hydrogen) atoms. The van der Waals surface area contributed by atoms with Crippen molar-refractivity contribution in [2.75, 3.05) is 13.2 Å². The number of carbonyl (C=O) groups excluding carboxylic acids is 2. The van der Waals surface area contributed by atoms with Gasteiger partial charge in [0.2, 0.25) is 5.91 Å². The second kappa shape index (κ2) is 13.9. The van der Waals surface area contributed by atoms with Crippen LogP contribution >= 0.6 is 0 Å². The highest BCUT2D eigenvalue weighted by atomic mass is 16.6. The van der Waals surface area contributed by atoms with Crippen molar-refractivity contribution in [2.45, 2.75) is 85.2 Å². The number of aromatic nitrogens is 3. The number of nitrogens with zero attached hydrogens (tertiary/aromatic N) is 5. The molecule has 1 fully saturated rings. The fraction of sp³-hybridized carbons (Fsp3) is 0.381. The molecule has 0 radical (unpaired) electrons. The van der Waals surface area contributed by atoms with Gasteiger partial charge in [-0.15, -0.1) is 5.10 Å². The first kappa shape index (κ1) is 34.4. The third-order valence-corrected chi connectivity index (χ3v) is 10.5. The lowest BCUT2D eigenvalue weighted by Gasteiger charge is -2.31. The Hall–Kier alpha value is -5.02. The summed E-state index contributed by atoms with van der Waals surface area (Å²) in [6, 6.07) is 28.5. The van der Waals surface area contributed by atoms with Crippen molar-refractivity contribution in [1.29, 1.82) is 0 Å². The maximum atomic E-state index is 14.6. The number of para-hydroxylation sites is 1. The summed E-state index contributed by atoms with van der Waals surface area (Å²) in [5.41, 5.74) is 8.97. The van der Waals surface area contributed by atoms with Gasteiger partial charge in [-0.2, -0.15) is 0 Å². The fourth-order valence-electron chi connectivity index (χ4n) is 7.93. The molecule has 9 heteroatoms. The molecule has 0 N–H and O–H groups in total. The van der Waals surface area contributed by atoms with Gasteiger partial charge in [0.15, 0.2) is 0 Å². The molecule has 3 heterocycles. The van der Waals surface area contributed by atoms with E-state index in [0.29, 0.717) is 13.0 Å². The molecule has 264 valence electrons. The van der Waals surface area contributed by atoms with Crippen molar-refractivity contribution in [1.82, 2.24) is 24.8 Å². The van der Waals surface area contributed by atoms with E-state index in [4.69, 9.17) is 9.47 Å². The Kier molecular flexibility index (Phi) is 9.42. The molecular formula is C42H47N5O4. The van der Waals surface area contributed by atoms with Gasteiger partial charge < -0.3 is 9.47 Å². The summed E-state index contributed by atoms with van der Waals surface area (Å²) < 4.78 is 13.8. The number of imide groups is 1. The molecule has 2 aliphatic rings. The first-order valence-electron chi connectivity index (χ1n) is 18.0. The number of aryl methyl sites for hydroxylation is 3. The second-order valence-corrected chi connectivity index (χ2v) is 14.7. The summed E-state index contributed by atoms with van der Waals surface area (Å²) in [5, 5.41) is 8.94. The SMILES string of the molecule is CCn1nnc2c(C)c([C@@H](c3ccc(C)c(CN4Cc5ccccc5OC(C)(C)C4)c3)[C@@H](C)C(=O)N3C(=O)OC[C@@H]3Cc3ccccc3)ccc21. The number of benzene rings is 4. The molecule has 0 spiro atoms. The summed E-state index contributed by atoms with van der Waals surface area (Å²) in [4.78, 5) is 31.7. The van der Waals surface area contributed by atoms with E-state index in [1.54, 1.807) is 0 Å². The van der Waals surface area contributed by atoms with E-state index in [0.717, 1.165) is 58.7 Å². The predicted octanol–water partition coefficient (Wildman–Crippen LogP) is 7.60. The van der Waals surface area contributed by atoms with Gasteiger partial charge in [0, 0.05) is 43.6 Å². The van der Waals surface area contributed by atoms with Crippen LogP contribution in [0, 0.1) is 19.8 Å². The number of hydrogen-bond acceptors (Lipinski definition) is 7. The van der Waals surface area contributed by atoms with Crippen LogP contribution in [0.25, 0.3) is 11.0 Å². The molecule has 1 aromatic heterocycles. The molecule has 3 atom stereocenters. The second-order valence-electron chi connectivity index (χ2n) is 14.7. The predicted molar refractivity (Wildman–Crippen MR) is 198 cm³/mol. The van der Waals surface area contributed by atoms with Crippen LogP contribution in [0.4, 0.5) is 4.79 Å². The molecule has 0 bridgehead atoms. The lowest BCUT2D eigenvalue weighted by Crippen LogP contribution is -2.44. The summed E-state index contributed by atoms with van der Waals surface area (Å²) in [7, 11) is 0. The van der Waals surface area contributed by atoms with Gasteiger partial charge in [-0.25, -0.2) is 14.4 Å². The normalized spacial score (nSPS) is 18.5. The molecule has 4 aromatic carbocycles. The van der Waals surface area contributed by atoms with Crippen molar-refractivity contribution in [3.63, 3.8) is 0 Å². The van der Waals surface area contributed by atoms with Crippen molar-refractivity contribution < 1.29 is 19.1 Å². The van der Waals surface area contributed by atoms with Gasteiger partial charge in [0.05, 0.1) is 11.6 Å². The number of rotatable bonds is 9. The van der Waals surface area contributed by atoms with Crippen LogP contribution in [0.3, 0.4) is 0 Å². The van der Waals surface area contributed by atoms with Crippen LogP contribution in [0.2, 0.25) is 0 Å². The highest BCUT2D eigenvalue weighted by Gasteiger charge is 2.42. The third-order valence-electron chi connectivity index (χ3n) is 10.5. The molecule has 1 saturated heterocycles. The largest absolute Gasteiger partial charge is 0.486 e. The zero-order chi connectivity index (χ0) is 35.9. The average molecular weight is 686 g/mol. The van der Waals surface area contributed by atoms with Crippen LogP contribution in [-0.2, 0) is 35.6 Å². The lowest BCUT2D eigenvalue weighted by molar-refractivity contribution is -0.133. The lowest BCUT2D eigenvalue weighted by atomic mass is 9.78. The monoisotopic (exact) mass is 685 g/mol. The molecule has 0 aliphatic carbocycles. The minimum absolute atomic E-state index is 0.176. The van der Waals surface area contributed by atoms with E-state index < -0.39 is 12.0 Å². The Labute approximate surface area is 300 Å². The van der Waals surface area contributed by atoms with Gasteiger partial charge in [0.1, 0.15) is 23.5 Å². The van der Waals surface area contributed by atoms with Gasteiger partial charge in [0.25, 0.3) is 0 Å². The maximum Gasteiger partial charge on any atom is 0.416 e. The maximum absolute atomic E-state index is 14.6. The number of fused-ring (bicyclic) bond motifs is 2. The number of carbonyl (C=O) groups is 2. The first-order chi connectivity index (χ1) is 24.5. The molecule has 5 aromatic rings. The molecule has 2 aliphatic heterocycles. The minimum Gasteiger partial charge on any atom is -0.486 e. The molecule has 0 unspecified atom stereocenters. The van der Waals surface area contributed by atoms with Gasteiger partial charge >= 0.3 is 6.09 Å². The highest BCUT2D eigenvalue weighted by molar-refractivity contribution is 5.95. The molecule has 7 rings (SSSR count). The van der Waals surface area contributed by atoms with E-state index in [1.165, 1.54) is 21.6 Å². The Morgan fingerprint density at radius 2 is 1.76 bits per heavy atom. The van der Waals surface area contributed by atoms with Gasteiger partial charge in [-0.3, -0.25) is 9.69 Å². The number of amides is 2. The Morgan fingerprint density at radius 3 is 2.55 bits per heavy atom. The van der Waals surface area contributed by atoms with Crippen molar-refractivity contribution in [2.24, 2.45) is 5.92 Å². The average Bonchev–Trinajstić information content (AvgIpc) is 3.67. The quantitative estimate of drug-likeness (QED) is 0.158. The molecule has 0 saturated carbocycles. The van der Waals surface area contributed by atoms with Crippen molar-refractivity contribution in [3.8, 4) is 5.75 Å². The van der Waals surface area contributed by atoms with Crippen LogP contribution in [-0.4, -0.2) is 61.6 Å². The van der Waals surface area contributed by atoms with Crippen molar-refractivity contribution >= 4 is 23.0 Å². The first-order valence-corrected chi connectivity index (χ1v) is 18.0. The number of hydrogen-bond donors (Lipinski definition) is 0. The molecule has 2 amide bonds. The highest BCUT2D eigenvalue weighted by Crippen LogP contribution is 2.39. The van der Waals surface area contributed by atoms with E-state index in [-0.39, 0.29) is 30.1 Å². The standard InChI is InChI=1S/C42H47N5O4/c1-7-46-36-20-19-35(28(3)39(36)43-44-46)38(29(4)40(48)47-34(25-50-41(47)49)21-30-13-9-8-10-14-30)31-18-17-27(2)33(22-31)24-45-23-32-15-11-12-16-37(32)51-42(5,6)26-45/h8-20,22,29,34,38H,7,21,23-26H2,1-6H3/t29-,34+,38-/m1/s1. The molecule has 9 nitrogen and oxygen atoms in total. The zero-order valence-electron chi connectivity index (χ0n) is 30.4. The van der Waals surface area contributed by atoms with Crippen LogP contribution in [0.5, 0.6) is 5.75 Å². The van der Waals surface area contributed by atoms with E-state index >= 15 is 0 Å². The topological polar surface area (TPSA) is 89.8 Å². The zero-order valence-corrected chi connectivity index (χ0v) is 30.4. The molecular weight excluding hydrogens is 638 g/mol. The minimum atomic E-state index is -0.584. The Balaban J connectivity index is 1.27. The summed E-state index contributed by atoms with van der Waals surface area (Å²) in [5.74, 6) is -0.257. The van der Waals surface area contributed by atoms with Gasteiger partial charge in [-0.1, -0.05) is 84.9 Å². The van der Waals surface area contributed by atoms with E-state index in [9.17, 15) is 9.59 Å². The fourth-order valence-corrected chi connectivity index (χ4v) is 7.93.